The van der Waals surface area contributed by atoms with Crippen LogP contribution in [-0.4, -0.2) is 45.7 Å². The van der Waals surface area contributed by atoms with Gasteiger partial charge in [0.05, 0.1) is 31.8 Å². The molecule has 0 atom stereocenters. The summed E-state index contributed by atoms with van der Waals surface area (Å²) < 4.78 is 11.6. The van der Waals surface area contributed by atoms with Crippen LogP contribution < -0.4 is 5.56 Å². The van der Waals surface area contributed by atoms with Gasteiger partial charge in [-0.2, -0.15) is 0 Å². The lowest BCUT2D eigenvalue weighted by molar-refractivity contribution is -0.139. The number of fused-ring (bicyclic) bond motifs is 1. The number of carbonyl (C=O) groups excluding carboxylic acids is 2. The molecule has 4 rings (SSSR count). The fourth-order valence-electron chi connectivity index (χ4n) is 2.99. The van der Waals surface area contributed by atoms with Gasteiger partial charge in [0.2, 0.25) is 0 Å². The fraction of sp³-hybridized carbons (Fsp3) is 0.389. The van der Waals surface area contributed by atoms with Gasteiger partial charge >= 0.3 is 11.9 Å². The third-order valence-electron chi connectivity index (χ3n) is 4.54. The number of carbonyl (C=O) groups is 2. The van der Waals surface area contributed by atoms with E-state index in [-0.39, 0.29) is 22.2 Å². The number of nitrogens with one attached hydrogen (secondary N) is 1. The van der Waals surface area contributed by atoms with Crippen molar-refractivity contribution < 1.29 is 19.1 Å². The van der Waals surface area contributed by atoms with Crippen molar-refractivity contribution in [3.05, 3.63) is 39.0 Å². The molecule has 11 heteroatoms. The van der Waals surface area contributed by atoms with Crippen LogP contribution >= 0.6 is 23.1 Å². The van der Waals surface area contributed by atoms with Gasteiger partial charge in [-0.3, -0.25) is 9.59 Å². The number of rotatable bonds is 7. The van der Waals surface area contributed by atoms with Crippen LogP contribution in [-0.2, 0) is 26.4 Å². The molecule has 1 aliphatic carbocycles. The first-order chi connectivity index (χ1) is 14.0. The van der Waals surface area contributed by atoms with E-state index in [2.05, 4.69) is 24.3 Å². The summed E-state index contributed by atoms with van der Waals surface area (Å²) in [6, 6.07) is 0.510. The van der Waals surface area contributed by atoms with E-state index in [1.165, 1.54) is 26.0 Å². The largest absolute Gasteiger partial charge is 0.469 e. The average molecular weight is 434 g/mol. The van der Waals surface area contributed by atoms with E-state index in [1.807, 2.05) is 6.20 Å². The van der Waals surface area contributed by atoms with E-state index in [4.69, 9.17) is 4.74 Å². The minimum Gasteiger partial charge on any atom is -0.469 e. The van der Waals surface area contributed by atoms with Crippen LogP contribution in [0.3, 0.4) is 0 Å². The lowest BCUT2D eigenvalue weighted by atomic mass is 10.1. The van der Waals surface area contributed by atoms with Gasteiger partial charge in [0.15, 0.2) is 5.16 Å². The Bertz CT molecular complexity index is 1150. The van der Waals surface area contributed by atoms with Crippen molar-refractivity contribution in [3.8, 4) is 0 Å². The number of thioether (sulfide) groups is 1. The topological polar surface area (TPSA) is 116 Å². The summed E-state index contributed by atoms with van der Waals surface area (Å²) in [6.45, 7) is 0. The predicted molar refractivity (Wildman–Crippen MR) is 107 cm³/mol. The van der Waals surface area contributed by atoms with Gasteiger partial charge in [-0.1, -0.05) is 11.8 Å². The first kappa shape index (κ1) is 19.6. The first-order valence-electron chi connectivity index (χ1n) is 8.87. The number of methoxy groups -OCH3 is 2. The Hall–Kier alpha value is -2.66. The van der Waals surface area contributed by atoms with E-state index >= 15 is 0 Å². The number of hydrogen-bond acceptors (Lipinski definition) is 9. The van der Waals surface area contributed by atoms with E-state index in [9.17, 15) is 14.4 Å². The van der Waals surface area contributed by atoms with Gasteiger partial charge in [0.25, 0.3) is 5.56 Å². The summed E-state index contributed by atoms with van der Waals surface area (Å²) in [6.07, 6.45) is 5.82. The molecule has 1 aliphatic rings. The highest BCUT2D eigenvalue weighted by atomic mass is 32.2. The second-order valence-corrected chi connectivity index (χ2v) is 8.43. The Kier molecular flexibility index (Phi) is 5.41. The van der Waals surface area contributed by atoms with Crippen molar-refractivity contribution in [3.63, 3.8) is 0 Å². The number of thiophene rings is 1. The number of nitrogens with zero attached hydrogens (tertiary/aromatic N) is 3. The van der Waals surface area contributed by atoms with Gasteiger partial charge in [0.1, 0.15) is 15.5 Å². The lowest BCUT2D eigenvalue weighted by Crippen LogP contribution is -2.15. The summed E-state index contributed by atoms with van der Waals surface area (Å²) >= 11 is 2.52. The van der Waals surface area contributed by atoms with Crippen molar-refractivity contribution in [2.75, 3.05) is 14.2 Å². The molecule has 1 fully saturated rings. The molecule has 0 aliphatic heterocycles. The standard InChI is InChI=1S/C18H18N4O5S2/c1-26-12(23)7-10-13-15(24)20-11(21-16(13)29-14(10)17(25)27-2)8-28-18-19-5-6-22(18)9-3-4-9/h5-6,9H,3-4,7-8H2,1-2H3,(H,20,21,24). The van der Waals surface area contributed by atoms with E-state index in [0.29, 0.717) is 22.4 Å². The van der Waals surface area contributed by atoms with E-state index < -0.39 is 17.5 Å². The minimum absolute atomic E-state index is 0.181. The second kappa shape index (κ2) is 7.99. The molecule has 0 amide bonds. The molecule has 0 aromatic carbocycles. The molecule has 29 heavy (non-hydrogen) atoms. The van der Waals surface area contributed by atoms with Crippen molar-refractivity contribution in [2.45, 2.75) is 36.2 Å². The third kappa shape index (κ3) is 3.92. The number of H-pyrrole nitrogens is 1. The number of esters is 2. The van der Waals surface area contributed by atoms with Gasteiger partial charge in [-0.05, 0) is 12.8 Å². The molecular formula is C18H18N4O5S2. The van der Waals surface area contributed by atoms with Crippen LogP contribution in [0.1, 0.15) is 39.9 Å². The zero-order chi connectivity index (χ0) is 20.5. The quantitative estimate of drug-likeness (QED) is 0.445. The van der Waals surface area contributed by atoms with Crippen molar-refractivity contribution in [1.29, 1.82) is 0 Å². The number of ether oxygens (including phenoxy) is 2. The van der Waals surface area contributed by atoms with Gasteiger partial charge in [-0.25, -0.2) is 14.8 Å². The van der Waals surface area contributed by atoms with Gasteiger partial charge in [-0.15, -0.1) is 11.3 Å². The number of hydrogen-bond donors (Lipinski definition) is 1. The Morgan fingerprint density at radius 3 is 2.83 bits per heavy atom. The monoisotopic (exact) mass is 434 g/mol. The molecule has 3 aromatic rings. The number of aromatic nitrogens is 4. The smallest absolute Gasteiger partial charge is 0.348 e. The maximum Gasteiger partial charge on any atom is 0.348 e. The Morgan fingerprint density at radius 2 is 2.14 bits per heavy atom. The van der Waals surface area contributed by atoms with Crippen LogP contribution in [0.25, 0.3) is 10.2 Å². The summed E-state index contributed by atoms with van der Waals surface area (Å²) in [4.78, 5) is 48.8. The molecule has 9 nitrogen and oxygen atoms in total. The fourth-order valence-corrected chi connectivity index (χ4v) is 5.02. The van der Waals surface area contributed by atoms with Crippen LogP contribution in [0.2, 0.25) is 0 Å². The Labute approximate surface area is 173 Å². The summed E-state index contributed by atoms with van der Waals surface area (Å²) in [5, 5.41) is 1.09. The van der Waals surface area contributed by atoms with Crippen molar-refractivity contribution in [1.82, 2.24) is 19.5 Å². The van der Waals surface area contributed by atoms with Crippen LogP contribution in [0.15, 0.2) is 22.3 Å². The molecular weight excluding hydrogens is 416 g/mol. The lowest BCUT2D eigenvalue weighted by Gasteiger charge is -2.05. The van der Waals surface area contributed by atoms with Crippen molar-refractivity contribution >= 4 is 45.3 Å². The maximum atomic E-state index is 12.7. The first-order valence-corrected chi connectivity index (χ1v) is 10.7. The van der Waals surface area contributed by atoms with E-state index in [0.717, 1.165) is 29.3 Å². The molecule has 0 saturated heterocycles. The van der Waals surface area contributed by atoms with Crippen LogP contribution in [0.5, 0.6) is 0 Å². The normalized spacial score (nSPS) is 13.6. The van der Waals surface area contributed by atoms with E-state index in [1.54, 1.807) is 6.20 Å². The van der Waals surface area contributed by atoms with Crippen LogP contribution in [0.4, 0.5) is 0 Å². The SMILES string of the molecule is COC(=O)Cc1c(C(=O)OC)sc2nc(CSc3nccn3C3CC3)[nH]c(=O)c12. The number of aromatic amines is 1. The average Bonchev–Trinajstić information content (AvgIpc) is 3.34. The molecule has 0 radical (unpaired) electrons. The van der Waals surface area contributed by atoms with Gasteiger partial charge in [0, 0.05) is 24.0 Å². The Balaban J connectivity index is 1.67. The van der Waals surface area contributed by atoms with Gasteiger partial charge < -0.3 is 19.0 Å². The molecule has 1 saturated carbocycles. The predicted octanol–water partition coefficient (Wildman–Crippen LogP) is 2.31. The zero-order valence-electron chi connectivity index (χ0n) is 15.8. The minimum atomic E-state index is -0.617. The molecule has 152 valence electrons. The summed E-state index contributed by atoms with van der Waals surface area (Å²) in [5.41, 5.74) is -0.123. The molecule has 0 bridgehead atoms. The Morgan fingerprint density at radius 1 is 1.34 bits per heavy atom. The third-order valence-corrected chi connectivity index (χ3v) is 6.64. The zero-order valence-corrected chi connectivity index (χ0v) is 17.4. The summed E-state index contributed by atoms with van der Waals surface area (Å²) in [5.74, 6) is -0.276. The molecule has 1 N–H and O–H groups in total. The highest BCUT2D eigenvalue weighted by Crippen LogP contribution is 2.38. The molecule has 3 heterocycles. The van der Waals surface area contributed by atoms with Crippen LogP contribution in [0, 0.1) is 0 Å². The van der Waals surface area contributed by atoms with Crippen molar-refractivity contribution in [2.24, 2.45) is 0 Å². The second-order valence-electron chi connectivity index (χ2n) is 6.48. The summed E-state index contributed by atoms with van der Waals surface area (Å²) in [7, 11) is 2.49. The highest BCUT2D eigenvalue weighted by molar-refractivity contribution is 7.98. The molecule has 3 aromatic heterocycles. The number of imidazole rings is 1. The molecule has 0 unspecified atom stereocenters. The maximum absolute atomic E-state index is 12.7. The highest BCUT2D eigenvalue weighted by Gasteiger charge is 2.26. The molecule has 0 spiro atoms.